The summed E-state index contributed by atoms with van der Waals surface area (Å²) in [6.07, 6.45) is 8.43. The van der Waals surface area contributed by atoms with Crippen molar-refractivity contribution in [2.24, 2.45) is 17.1 Å². The number of fused-ring (bicyclic) bond motifs is 1. The van der Waals surface area contributed by atoms with Gasteiger partial charge in [-0.1, -0.05) is 54.2 Å². The summed E-state index contributed by atoms with van der Waals surface area (Å²) in [6, 6.07) is 12.5. The first-order valence-electron chi connectivity index (χ1n) is 17.2. The van der Waals surface area contributed by atoms with Gasteiger partial charge in [0.05, 0.1) is 28.2 Å². The van der Waals surface area contributed by atoms with E-state index in [1.54, 1.807) is 5.51 Å². The maximum atomic E-state index is 13.3. The number of rotatable bonds is 11. The number of thiocarbonyl (C=S) groups is 1. The Labute approximate surface area is 301 Å². The molecule has 0 unspecified atom stereocenters. The lowest BCUT2D eigenvalue weighted by Gasteiger charge is -2.51. The molecular weight excluding hydrogens is 676 g/mol. The second kappa shape index (κ2) is 14.9. The number of ether oxygens (including phenoxy) is 1. The van der Waals surface area contributed by atoms with Gasteiger partial charge in [-0.05, 0) is 74.2 Å². The molecule has 2 aromatic heterocycles. The number of halogens is 1. The third kappa shape index (κ3) is 7.56. The normalized spacial score (nSPS) is 18.4. The van der Waals surface area contributed by atoms with Gasteiger partial charge >= 0.3 is 0 Å². The Bertz CT molecular complexity index is 1820. The van der Waals surface area contributed by atoms with Gasteiger partial charge in [0.15, 0.2) is 0 Å². The van der Waals surface area contributed by atoms with Gasteiger partial charge < -0.3 is 30.6 Å². The smallest absolute Gasteiger partial charge is 0.226 e. The number of carbonyl (C=O) groups is 2. The maximum Gasteiger partial charge on any atom is 0.226 e. The molecular formula is C37H43ClN6O3S2. The lowest BCUT2D eigenvalue weighted by molar-refractivity contribution is -0.135. The van der Waals surface area contributed by atoms with Crippen LogP contribution in [0, 0.1) is 11.3 Å². The molecule has 0 atom stereocenters. The van der Waals surface area contributed by atoms with Crippen LogP contribution in [0.1, 0.15) is 61.4 Å². The largest absolute Gasteiger partial charge is 0.389 e. The van der Waals surface area contributed by atoms with Crippen LogP contribution in [0.2, 0.25) is 5.02 Å². The highest BCUT2D eigenvalue weighted by molar-refractivity contribution is 7.80. The van der Waals surface area contributed by atoms with Crippen molar-refractivity contribution in [3.05, 3.63) is 75.3 Å². The van der Waals surface area contributed by atoms with Gasteiger partial charge in [-0.3, -0.25) is 9.59 Å². The lowest BCUT2D eigenvalue weighted by Crippen LogP contribution is -2.51. The number of thiazole rings is 1. The fraction of sp³-hybridized carbons (Fsp3) is 0.459. The van der Waals surface area contributed by atoms with E-state index in [-0.39, 0.29) is 29.2 Å². The fourth-order valence-corrected chi connectivity index (χ4v) is 8.88. The van der Waals surface area contributed by atoms with Crippen LogP contribution >= 0.6 is 35.2 Å². The van der Waals surface area contributed by atoms with E-state index in [2.05, 4.69) is 43.4 Å². The number of nitrogens with two attached hydrogens (primary N) is 1. The van der Waals surface area contributed by atoms with E-state index < -0.39 is 0 Å². The molecule has 3 aliphatic rings. The number of hydrogen-bond donors (Lipinski definition) is 3. The first-order chi connectivity index (χ1) is 23.8. The molecule has 0 radical (unpaired) electrons. The summed E-state index contributed by atoms with van der Waals surface area (Å²) >= 11 is 14.0. The van der Waals surface area contributed by atoms with E-state index in [0.717, 1.165) is 110 Å². The Kier molecular flexibility index (Phi) is 10.3. The number of benzene rings is 2. The van der Waals surface area contributed by atoms with Crippen molar-refractivity contribution in [2.75, 3.05) is 39.4 Å². The molecule has 3 fully saturated rings. The van der Waals surface area contributed by atoms with Crippen molar-refractivity contribution in [1.29, 1.82) is 0 Å². The van der Waals surface area contributed by atoms with Crippen molar-refractivity contribution >= 4 is 62.9 Å². The molecule has 4 aromatic rings. The SMILES string of the molecule is NC(=S)c1cccc(-c2cn(C3CCOCC3)c3c(Cl)c(CNC(=O)C4CC5(CCN(CCNC(=O)Cc6cscn6)CC5)C4)ccc23)c1. The van der Waals surface area contributed by atoms with Gasteiger partial charge in [-0.2, -0.15) is 0 Å². The van der Waals surface area contributed by atoms with E-state index in [1.807, 2.05) is 29.6 Å². The molecule has 2 amide bonds. The van der Waals surface area contributed by atoms with Crippen LogP contribution in [0.5, 0.6) is 0 Å². The molecule has 9 nitrogen and oxygen atoms in total. The Morgan fingerprint density at radius 1 is 1.12 bits per heavy atom. The molecule has 4 heterocycles. The number of amides is 2. The molecule has 1 aliphatic carbocycles. The molecule has 4 N–H and O–H groups in total. The van der Waals surface area contributed by atoms with Gasteiger partial charge in [0.2, 0.25) is 11.8 Å². The zero-order chi connectivity index (χ0) is 34.0. The predicted octanol–water partition coefficient (Wildman–Crippen LogP) is 5.87. The average Bonchev–Trinajstić information content (AvgIpc) is 3.76. The van der Waals surface area contributed by atoms with Crippen LogP contribution in [-0.4, -0.2) is 70.6 Å². The summed E-state index contributed by atoms with van der Waals surface area (Å²) in [5.41, 5.74) is 13.6. The van der Waals surface area contributed by atoms with Crippen molar-refractivity contribution in [3.8, 4) is 11.1 Å². The second-order valence-electron chi connectivity index (χ2n) is 13.8. The monoisotopic (exact) mass is 718 g/mol. The molecule has 2 aliphatic heterocycles. The Morgan fingerprint density at radius 2 is 1.92 bits per heavy atom. The Hall–Kier alpha value is -3.35. The summed E-state index contributed by atoms with van der Waals surface area (Å²) in [5, 5.41) is 9.89. The number of aromatic nitrogens is 2. The van der Waals surface area contributed by atoms with E-state index in [9.17, 15) is 9.59 Å². The summed E-state index contributed by atoms with van der Waals surface area (Å²) in [5.74, 6) is 0.172. The topological polar surface area (TPSA) is 115 Å². The molecule has 7 rings (SSSR count). The first-order valence-corrected chi connectivity index (χ1v) is 19.0. The highest BCUT2D eigenvalue weighted by atomic mass is 35.5. The van der Waals surface area contributed by atoms with Gasteiger partial charge in [0, 0.05) is 72.9 Å². The Balaban J connectivity index is 0.950. The Morgan fingerprint density at radius 3 is 2.65 bits per heavy atom. The molecule has 12 heteroatoms. The summed E-state index contributed by atoms with van der Waals surface area (Å²) < 4.78 is 7.98. The quantitative estimate of drug-likeness (QED) is 0.166. The predicted molar refractivity (Wildman–Crippen MR) is 199 cm³/mol. The number of nitrogens with zero attached hydrogens (tertiary/aromatic N) is 3. The highest BCUT2D eigenvalue weighted by Gasteiger charge is 2.48. The zero-order valence-electron chi connectivity index (χ0n) is 27.6. The molecule has 0 bridgehead atoms. The van der Waals surface area contributed by atoms with Gasteiger partial charge in [-0.25, -0.2) is 4.98 Å². The number of hydrogen-bond acceptors (Lipinski definition) is 7. The van der Waals surface area contributed by atoms with Gasteiger partial charge in [0.25, 0.3) is 0 Å². The van der Waals surface area contributed by atoms with E-state index in [0.29, 0.717) is 29.5 Å². The molecule has 2 aromatic carbocycles. The van der Waals surface area contributed by atoms with E-state index in [1.165, 1.54) is 11.3 Å². The summed E-state index contributed by atoms with van der Waals surface area (Å²) in [4.78, 5) is 32.5. The van der Waals surface area contributed by atoms with Crippen LogP contribution in [0.25, 0.3) is 22.0 Å². The molecule has 1 spiro atoms. The minimum atomic E-state index is 0.0191. The second-order valence-corrected chi connectivity index (χ2v) is 15.4. The van der Waals surface area contributed by atoms with Crippen LogP contribution in [0.15, 0.2) is 53.5 Å². The van der Waals surface area contributed by atoms with Crippen molar-refractivity contribution in [2.45, 2.75) is 57.5 Å². The van der Waals surface area contributed by atoms with Crippen molar-refractivity contribution in [1.82, 2.24) is 25.1 Å². The molecule has 49 heavy (non-hydrogen) atoms. The average molecular weight is 719 g/mol. The minimum Gasteiger partial charge on any atom is -0.389 e. The fourth-order valence-electron chi connectivity index (χ4n) is 7.87. The van der Waals surface area contributed by atoms with Crippen molar-refractivity contribution in [3.63, 3.8) is 0 Å². The first kappa shape index (κ1) is 34.1. The standard InChI is InChI=1S/C37H43ClN6O3S2/c38-33-26(4-5-30-31(24-2-1-3-25(16-24)35(39)48)21-44(34(30)33)29-6-14-47-15-7-29)20-41-36(46)27-18-37(19-27)8-11-43(12-9-37)13-10-40-32(45)17-28-22-49-23-42-28/h1-5,16,21-23,27,29H,6-15,17-20H2,(H2,39,48)(H,40,45)(H,41,46). The van der Waals surface area contributed by atoms with Crippen LogP contribution in [-0.2, 0) is 27.3 Å². The third-order valence-electron chi connectivity index (χ3n) is 10.7. The van der Waals surface area contributed by atoms with Gasteiger partial charge in [0.1, 0.15) is 4.99 Å². The van der Waals surface area contributed by atoms with Gasteiger partial charge in [-0.15, -0.1) is 11.3 Å². The van der Waals surface area contributed by atoms with Crippen LogP contribution in [0.4, 0.5) is 0 Å². The van der Waals surface area contributed by atoms with E-state index in [4.69, 9.17) is 34.3 Å². The maximum absolute atomic E-state index is 13.3. The third-order valence-corrected chi connectivity index (χ3v) is 12.0. The number of carbonyl (C=O) groups excluding carboxylic acids is 2. The molecule has 258 valence electrons. The zero-order valence-corrected chi connectivity index (χ0v) is 30.0. The number of nitrogens with one attached hydrogen (secondary N) is 2. The van der Waals surface area contributed by atoms with Crippen molar-refractivity contribution < 1.29 is 14.3 Å². The number of likely N-dealkylation sites (tertiary alicyclic amines) is 1. The lowest BCUT2D eigenvalue weighted by atomic mass is 9.57. The minimum absolute atomic E-state index is 0.0191. The number of piperidine rings is 1. The molecule has 1 saturated carbocycles. The molecule has 2 saturated heterocycles. The summed E-state index contributed by atoms with van der Waals surface area (Å²) in [6.45, 7) is 5.33. The van der Waals surface area contributed by atoms with E-state index >= 15 is 0 Å². The summed E-state index contributed by atoms with van der Waals surface area (Å²) in [7, 11) is 0. The highest BCUT2D eigenvalue weighted by Crippen LogP contribution is 2.52. The van der Waals surface area contributed by atoms with Crippen LogP contribution < -0.4 is 16.4 Å². The van der Waals surface area contributed by atoms with Crippen LogP contribution in [0.3, 0.4) is 0 Å².